The third-order valence-corrected chi connectivity index (χ3v) is 4.01. The van der Waals surface area contributed by atoms with Crippen LogP contribution in [0.25, 0.3) is 16.8 Å². The maximum Gasteiger partial charge on any atom is 0.204 e. The molecular formula is C23H24O2. The first-order valence-corrected chi connectivity index (χ1v) is 8.66. The average molecular weight is 332 g/mol. The standard InChI is InChI=1S/C23H24O2/c1-4-18-10-11-21-16-22(13-12-20(21)14-18)25-23(24-17(2)3)15-19-8-6-5-7-9-19/h4-14,16-17,23H,1,15H2,2-3H3. The number of hydrogen-bond acceptors (Lipinski definition) is 2. The minimum atomic E-state index is -0.313. The van der Waals surface area contributed by atoms with Crippen LogP contribution in [0.3, 0.4) is 0 Å². The number of benzene rings is 3. The van der Waals surface area contributed by atoms with Crippen LogP contribution >= 0.6 is 0 Å². The Hall–Kier alpha value is -2.58. The number of fused-ring (bicyclic) bond motifs is 1. The smallest absolute Gasteiger partial charge is 0.204 e. The second-order valence-corrected chi connectivity index (χ2v) is 6.39. The van der Waals surface area contributed by atoms with Crippen molar-refractivity contribution >= 4 is 16.8 Å². The molecule has 3 aromatic carbocycles. The monoisotopic (exact) mass is 332 g/mol. The van der Waals surface area contributed by atoms with Gasteiger partial charge in [-0.15, -0.1) is 0 Å². The first kappa shape index (κ1) is 17.2. The first-order chi connectivity index (χ1) is 12.1. The molecule has 0 saturated carbocycles. The van der Waals surface area contributed by atoms with Gasteiger partial charge in [-0.3, -0.25) is 0 Å². The van der Waals surface area contributed by atoms with Gasteiger partial charge in [-0.1, -0.05) is 61.2 Å². The second-order valence-electron chi connectivity index (χ2n) is 6.39. The van der Waals surface area contributed by atoms with E-state index in [-0.39, 0.29) is 12.4 Å². The Labute approximate surface area is 149 Å². The Morgan fingerprint density at radius 1 is 0.920 bits per heavy atom. The molecule has 3 rings (SSSR count). The van der Waals surface area contributed by atoms with Crippen LogP contribution < -0.4 is 4.74 Å². The van der Waals surface area contributed by atoms with Gasteiger partial charge in [0.1, 0.15) is 5.75 Å². The summed E-state index contributed by atoms with van der Waals surface area (Å²) in [4.78, 5) is 0. The summed E-state index contributed by atoms with van der Waals surface area (Å²) in [7, 11) is 0. The lowest BCUT2D eigenvalue weighted by Gasteiger charge is -2.22. The highest BCUT2D eigenvalue weighted by atomic mass is 16.7. The van der Waals surface area contributed by atoms with Crippen molar-refractivity contribution < 1.29 is 9.47 Å². The third-order valence-electron chi connectivity index (χ3n) is 4.01. The number of rotatable bonds is 7. The molecule has 0 aliphatic rings. The first-order valence-electron chi connectivity index (χ1n) is 8.66. The highest BCUT2D eigenvalue weighted by Crippen LogP contribution is 2.24. The van der Waals surface area contributed by atoms with Crippen LogP contribution in [-0.2, 0) is 11.2 Å². The Morgan fingerprint density at radius 3 is 2.36 bits per heavy atom. The molecule has 0 fully saturated rings. The fourth-order valence-corrected chi connectivity index (χ4v) is 2.82. The molecule has 1 unspecified atom stereocenters. The normalized spacial score (nSPS) is 12.3. The Bertz CT molecular complexity index is 837. The molecule has 0 radical (unpaired) electrons. The molecule has 2 heteroatoms. The van der Waals surface area contributed by atoms with Crippen molar-refractivity contribution in [1.82, 2.24) is 0 Å². The maximum atomic E-state index is 6.15. The van der Waals surface area contributed by atoms with E-state index in [2.05, 4.69) is 49.0 Å². The predicted molar refractivity (Wildman–Crippen MR) is 105 cm³/mol. The summed E-state index contributed by atoms with van der Waals surface area (Å²) in [5, 5.41) is 2.32. The minimum Gasteiger partial charge on any atom is -0.465 e. The van der Waals surface area contributed by atoms with E-state index < -0.39 is 0 Å². The van der Waals surface area contributed by atoms with Gasteiger partial charge in [0.05, 0.1) is 6.10 Å². The SMILES string of the molecule is C=Cc1ccc2cc(OC(Cc3ccccc3)OC(C)C)ccc2c1. The van der Waals surface area contributed by atoms with Crippen molar-refractivity contribution in [1.29, 1.82) is 0 Å². The molecule has 0 spiro atoms. The highest BCUT2D eigenvalue weighted by Gasteiger charge is 2.14. The Kier molecular flexibility index (Phi) is 5.52. The zero-order valence-corrected chi connectivity index (χ0v) is 14.8. The van der Waals surface area contributed by atoms with Gasteiger partial charge in [0.2, 0.25) is 6.29 Å². The van der Waals surface area contributed by atoms with Gasteiger partial charge in [-0.05, 0) is 53.9 Å². The summed E-state index contributed by atoms with van der Waals surface area (Å²) in [5.74, 6) is 0.820. The summed E-state index contributed by atoms with van der Waals surface area (Å²) in [6, 6.07) is 22.7. The van der Waals surface area contributed by atoms with Gasteiger partial charge >= 0.3 is 0 Å². The van der Waals surface area contributed by atoms with E-state index in [4.69, 9.17) is 9.47 Å². The molecule has 1 atom stereocenters. The Balaban J connectivity index is 1.80. The zero-order chi connectivity index (χ0) is 17.6. The molecule has 0 amide bonds. The molecule has 0 aliphatic heterocycles. The fraction of sp³-hybridized carbons (Fsp3) is 0.217. The lowest BCUT2D eigenvalue weighted by Crippen LogP contribution is -2.26. The molecule has 0 heterocycles. The van der Waals surface area contributed by atoms with Crippen molar-refractivity contribution in [2.75, 3.05) is 0 Å². The van der Waals surface area contributed by atoms with E-state index >= 15 is 0 Å². The molecule has 3 aromatic rings. The van der Waals surface area contributed by atoms with Crippen LogP contribution in [0.15, 0.2) is 73.3 Å². The van der Waals surface area contributed by atoms with Crippen LogP contribution in [0.4, 0.5) is 0 Å². The van der Waals surface area contributed by atoms with E-state index in [0.717, 1.165) is 16.7 Å². The van der Waals surface area contributed by atoms with E-state index in [1.165, 1.54) is 10.9 Å². The fourth-order valence-electron chi connectivity index (χ4n) is 2.82. The van der Waals surface area contributed by atoms with Crippen LogP contribution in [-0.4, -0.2) is 12.4 Å². The molecule has 0 aromatic heterocycles. The highest BCUT2D eigenvalue weighted by molar-refractivity contribution is 5.85. The zero-order valence-electron chi connectivity index (χ0n) is 14.8. The molecular weight excluding hydrogens is 308 g/mol. The predicted octanol–water partition coefficient (Wildman–Crippen LogP) is 5.86. The van der Waals surface area contributed by atoms with Crippen LogP contribution in [0.5, 0.6) is 5.75 Å². The lowest BCUT2D eigenvalue weighted by atomic mass is 10.1. The van der Waals surface area contributed by atoms with Crippen molar-refractivity contribution in [2.24, 2.45) is 0 Å². The van der Waals surface area contributed by atoms with E-state index in [0.29, 0.717) is 6.42 Å². The maximum absolute atomic E-state index is 6.15. The molecule has 128 valence electrons. The summed E-state index contributed by atoms with van der Waals surface area (Å²) in [6.45, 7) is 7.87. The largest absolute Gasteiger partial charge is 0.465 e. The quantitative estimate of drug-likeness (QED) is 0.505. The van der Waals surface area contributed by atoms with Gasteiger partial charge in [-0.2, -0.15) is 0 Å². The third kappa shape index (κ3) is 4.71. The summed E-state index contributed by atoms with van der Waals surface area (Å²) in [6.07, 6.45) is 2.36. The van der Waals surface area contributed by atoms with Gasteiger partial charge in [0.15, 0.2) is 0 Å². The molecule has 0 bridgehead atoms. The van der Waals surface area contributed by atoms with Crippen molar-refractivity contribution in [2.45, 2.75) is 32.7 Å². The van der Waals surface area contributed by atoms with Crippen LogP contribution in [0, 0.1) is 0 Å². The molecule has 0 N–H and O–H groups in total. The molecule has 25 heavy (non-hydrogen) atoms. The van der Waals surface area contributed by atoms with Gasteiger partial charge in [-0.25, -0.2) is 0 Å². The summed E-state index contributed by atoms with van der Waals surface area (Å²) < 4.78 is 12.1. The summed E-state index contributed by atoms with van der Waals surface area (Å²) >= 11 is 0. The number of ether oxygens (including phenoxy) is 2. The topological polar surface area (TPSA) is 18.5 Å². The van der Waals surface area contributed by atoms with E-state index in [1.54, 1.807) is 0 Å². The molecule has 0 aliphatic carbocycles. The van der Waals surface area contributed by atoms with Gasteiger partial charge in [0.25, 0.3) is 0 Å². The number of hydrogen-bond donors (Lipinski definition) is 0. The van der Waals surface area contributed by atoms with E-state index in [9.17, 15) is 0 Å². The molecule has 0 saturated heterocycles. The lowest BCUT2D eigenvalue weighted by molar-refractivity contribution is -0.106. The van der Waals surface area contributed by atoms with Crippen LogP contribution in [0.2, 0.25) is 0 Å². The summed E-state index contributed by atoms with van der Waals surface area (Å²) in [5.41, 5.74) is 2.32. The minimum absolute atomic E-state index is 0.101. The second kappa shape index (κ2) is 8.00. The van der Waals surface area contributed by atoms with Crippen molar-refractivity contribution in [3.63, 3.8) is 0 Å². The Morgan fingerprint density at radius 2 is 1.64 bits per heavy atom. The van der Waals surface area contributed by atoms with Gasteiger partial charge in [0, 0.05) is 6.42 Å². The van der Waals surface area contributed by atoms with E-state index in [1.807, 2.05) is 44.2 Å². The van der Waals surface area contributed by atoms with Crippen molar-refractivity contribution in [3.05, 3.63) is 84.4 Å². The van der Waals surface area contributed by atoms with Crippen molar-refractivity contribution in [3.8, 4) is 5.75 Å². The van der Waals surface area contributed by atoms with Gasteiger partial charge < -0.3 is 9.47 Å². The molecule has 2 nitrogen and oxygen atoms in total. The van der Waals surface area contributed by atoms with Crippen LogP contribution in [0.1, 0.15) is 25.0 Å². The average Bonchev–Trinajstić information content (AvgIpc) is 2.61.